The molecule has 0 radical (unpaired) electrons. The Balaban J connectivity index is 1.68. The predicted molar refractivity (Wildman–Crippen MR) is 114 cm³/mol. The molecule has 1 amide bonds. The van der Waals surface area contributed by atoms with Crippen LogP contribution < -0.4 is 5.32 Å². The summed E-state index contributed by atoms with van der Waals surface area (Å²) >= 11 is 1.36. The van der Waals surface area contributed by atoms with Gasteiger partial charge in [-0.1, -0.05) is 45.0 Å². The normalized spacial score (nSPS) is 12.1. The fourth-order valence-electron chi connectivity index (χ4n) is 2.90. The van der Waals surface area contributed by atoms with E-state index in [-0.39, 0.29) is 11.3 Å². The van der Waals surface area contributed by atoms with Gasteiger partial charge in [-0.15, -0.1) is 11.3 Å². The van der Waals surface area contributed by atoms with E-state index in [1.165, 1.54) is 23.5 Å². The lowest BCUT2D eigenvalue weighted by atomic mass is 9.87. The average molecular weight is 433 g/mol. The summed E-state index contributed by atoms with van der Waals surface area (Å²) in [7, 11) is 0. The maximum atomic E-state index is 12.7. The van der Waals surface area contributed by atoms with Crippen molar-refractivity contribution < 1.29 is 18.0 Å². The number of nitrogens with one attached hydrogen (secondary N) is 1. The Morgan fingerprint density at radius 3 is 2.07 bits per heavy atom. The third-order valence-electron chi connectivity index (χ3n) is 4.77. The Labute approximate surface area is 178 Å². The summed E-state index contributed by atoms with van der Waals surface area (Å²) in [5, 5.41) is 3.52. The molecule has 0 unspecified atom stereocenters. The SMILES string of the molecule is Cc1nc(-c2ccc(C(F)(F)F)cc2)sc1CNC(=O)c1ccc(C(C)(C)C)cc1. The highest BCUT2D eigenvalue weighted by Gasteiger charge is 2.30. The highest BCUT2D eigenvalue weighted by molar-refractivity contribution is 7.15. The molecule has 3 rings (SSSR count). The molecule has 7 heteroatoms. The van der Waals surface area contributed by atoms with E-state index in [0.29, 0.717) is 22.7 Å². The van der Waals surface area contributed by atoms with Gasteiger partial charge in [0.2, 0.25) is 0 Å². The zero-order valence-electron chi connectivity index (χ0n) is 17.2. The molecule has 0 aliphatic carbocycles. The number of rotatable bonds is 4. The van der Waals surface area contributed by atoms with Crippen LogP contribution in [0, 0.1) is 6.92 Å². The molecule has 158 valence electrons. The molecule has 0 saturated heterocycles. The van der Waals surface area contributed by atoms with Crippen molar-refractivity contribution in [3.63, 3.8) is 0 Å². The van der Waals surface area contributed by atoms with Gasteiger partial charge in [0.05, 0.1) is 17.8 Å². The second-order valence-electron chi connectivity index (χ2n) is 8.11. The molecule has 0 spiro atoms. The van der Waals surface area contributed by atoms with Crippen LogP contribution in [0.2, 0.25) is 0 Å². The number of amides is 1. The van der Waals surface area contributed by atoms with Gasteiger partial charge in [0, 0.05) is 16.0 Å². The number of hydrogen-bond acceptors (Lipinski definition) is 3. The first-order valence-corrected chi connectivity index (χ1v) is 10.3. The molecule has 0 atom stereocenters. The van der Waals surface area contributed by atoms with Crippen LogP contribution >= 0.6 is 11.3 Å². The number of benzene rings is 2. The van der Waals surface area contributed by atoms with Crippen molar-refractivity contribution in [1.29, 1.82) is 0 Å². The van der Waals surface area contributed by atoms with Crippen molar-refractivity contribution in [2.45, 2.75) is 45.8 Å². The zero-order valence-corrected chi connectivity index (χ0v) is 18.0. The molecule has 3 nitrogen and oxygen atoms in total. The summed E-state index contributed by atoms with van der Waals surface area (Å²) in [6.07, 6.45) is -4.36. The lowest BCUT2D eigenvalue weighted by Gasteiger charge is -2.19. The van der Waals surface area contributed by atoms with E-state index in [4.69, 9.17) is 0 Å². The largest absolute Gasteiger partial charge is 0.416 e. The van der Waals surface area contributed by atoms with Gasteiger partial charge in [0.1, 0.15) is 5.01 Å². The van der Waals surface area contributed by atoms with E-state index in [9.17, 15) is 18.0 Å². The molecule has 0 bridgehead atoms. The monoisotopic (exact) mass is 432 g/mol. The zero-order chi connectivity index (χ0) is 22.1. The summed E-state index contributed by atoms with van der Waals surface area (Å²) < 4.78 is 38.2. The molecule has 2 aromatic carbocycles. The van der Waals surface area contributed by atoms with Gasteiger partial charge in [-0.3, -0.25) is 4.79 Å². The fraction of sp³-hybridized carbons (Fsp3) is 0.304. The van der Waals surface area contributed by atoms with Crippen LogP contribution in [-0.2, 0) is 18.1 Å². The van der Waals surface area contributed by atoms with E-state index < -0.39 is 11.7 Å². The van der Waals surface area contributed by atoms with Crippen molar-refractivity contribution >= 4 is 17.2 Å². The molecular weight excluding hydrogens is 409 g/mol. The number of alkyl halides is 3. The summed E-state index contributed by atoms with van der Waals surface area (Å²) in [6, 6.07) is 12.5. The molecule has 0 fully saturated rings. The Morgan fingerprint density at radius 1 is 0.967 bits per heavy atom. The van der Waals surface area contributed by atoms with E-state index in [0.717, 1.165) is 28.3 Å². The van der Waals surface area contributed by atoms with Gasteiger partial charge in [-0.2, -0.15) is 13.2 Å². The number of aromatic nitrogens is 1. The molecular formula is C23H23F3N2OS. The number of carbonyl (C=O) groups is 1. The molecule has 1 heterocycles. The average Bonchev–Trinajstić information content (AvgIpc) is 3.05. The topological polar surface area (TPSA) is 42.0 Å². The fourth-order valence-corrected chi connectivity index (χ4v) is 3.91. The van der Waals surface area contributed by atoms with Crippen LogP contribution in [0.25, 0.3) is 10.6 Å². The van der Waals surface area contributed by atoms with Crippen LogP contribution in [0.1, 0.15) is 52.8 Å². The van der Waals surface area contributed by atoms with Crippen LogP contribution in [0.3, 0.4) is 0 Å². The number of thiazole rings is 1. The standard InChI is InChI=1S/C23H23F3N2OS/c1-14-19(13-27-20(29)15-5-9-17(10-6-15)22(2,3)4)30-21(28-14)16-7-11-18(12-8-16)23(24,25)26/h5-12H,13H2,1-4H3,(H,27,29). The van der Waals surface area contributed by atoms with Crippen LogP contribution in [0.5, 0.6) is 0 Å². The number of halogens is 3. The molecule has 3 aromatic rings. The second-order valence-corrected chi connectivity index (χ2v) is 9.20. The lowest BCUT2D eigenvalue weighted by Crippen LogP contribution is -2.23. The van der Waals surface area contributed by atoms with Gasteiger partial charge in [-0.25, -0.2) is 4.98 Å². The molecule has 0 aliphatic heterocycles. The summed E-state index contributed by atoms with van der Waals surface area (Å²) in [4.78, 5) is 17.8. The van der Waals surface area contributed by atoms with Gasteiger partial charge >= 0.3 is 6.18 Å². The molecule has 30 heavy (non-hydrogen) atoms. The number of carbonyl (C=O) groups excluding carboxylic acids is 1. The smallest absolute Gasteiger partial charge is 0.347 e. The minimum Gasteiger partial charge on any atom is -0.347 e. The highest BCUT2D eigenvalue weighted by atomic mass is 32.1. The van der Waals surface area contributed by atoms with Crippen molar-refractivity contribution in [3.8, 4) is 10.6 Å². The second kappa shape index (κ2) is 8.22. The van der Waals surface area contributed by atoms with Crippen molar-refractivity contribution in [2.24, 2.45) is 0 Å². The predicted octanol–water partition coefficient (Wildman–Crippen LogP) is 6.36. The Kier molecular flexibility index (Phi) is 6.04. The minimum atomic E-state index is -4.36. The van der Waals surface area contributed by atoms with E-state index >= 15 is 0 Å². The molecule has 0 aliphatic rings. The highest BCUT2D eigenvalue weighted by Crippen LogP contribution is 2.33. The summed E-state index contributed by atoms with van der Waals surface area (Å²) in [5.74, 6) is -0.181. The maximum Gasteiger partial charge on any atom is 0.416 e. The minimum absolute atomic E-state index is 0.0173. The maximum absolute atomic E-state index is 12.7. The third-order valence-corrected chi connectivity index (χ3v) is 5.98. The van der Waals surface area contributed by atoms with E-state index in [2.05, 4.69) is 31.1 Å². The van der Waals surface area contributed by atoms with Crippen molar-refractivity contribution in [2.75, 3.05) is 0 Å². The summed E-state index contributed by atoms with van der Waals surface area (Å²) in [5.41, 5.74) is 2.42. The van der Waals surface area contributed by atoms with E-state index in [1.807, 2.05) is 31.2 Å². The van der Waals surface area contributed by atoms with Crippen molar-refractivity contribution in [1.82, 2.24) is 10.3 Å². The lowest BCUT2D eigenvalue weighted by molar-refractivity contribution is -0.137. The first-order valence-electron chi connectivity index (χ1n) is 9.48. The number of aryl methyl sites for hydroxylation is 1. The third kappa shape index (κ3) is 5.08. The number of nitrogens with zero attached hydrogens (tertiary/aromatic N) is 1. The van der Waals surface area contributed by atoms with E-state index in [1.54, 1.807) is 0 Å². The quantitative estimate of drug-likeness (QED) is 0.521. The Bertz CT molecular complexity index is 1030. The van der Waals surface area contributed by atoms with Crippen LogP contribution in [0.15, 0.2) is 48.5 Å². The van der Waals surface area contributed by atoms with Crippen molar-refractivity contribution in [3.05, 3.63) is 75.8 Å². The van der Waals surface area contributed by atoms with Gasteiger partial charge in [0.25, 0.3) is 5.91 Å². The molecule has 1 aromatic heterocycles. The Hall–Kier alpha value is -2.67. The van der Waals surface area contributed by atoms with Crippen LogP contribution in [0.4, 0.5) is 13.2 Å². The molecule has 0 saturated carbocycles. The first-order chi connectivity index (χ1) is 13.9. The van der Waals surface area contributed by atoms with Gasteiger partial charge in [-0.05, 0) is 42.2 Å². The van der Waals surface area contributed by atoms with Gasteiger partial charge in [0.15, 0.2) is 0 Å². The Morgan fingerprint density at radius 2 is 1.53 bits per heavy atom. The number of hydrogen-bond donors (Lipinski definition) is 1. The first kappa shape index (κ1) is 22.0. The molecule has 1 N–H and O–H groups in total. The van der Waals surface area contributed by atoms with Crippen LogP contribution in [-0.4, -0.2) is 10.9 Å². The van der Waals surface area contributed by atoms with Gasteiger partial charge < -0.3 is 5.32 Å². The summed E-state index contributed by atoms with van der Waals surface area (Å²) in [6.45, 7) is 8.47.